The first-order valence-corrected chi connectivity index (χ1v) is 3.84. The van der Waals surface area contributed by atoms with Gasteiger partial charge in [-0.2, -0.15) is 5.10 Å². The number of aromatic amines is 1. The van der Waals surface area contributed by atoms with E-state index in [2.05, 4.69) is 16.1 Å². The number of hydrogen-bond acceptors (Lipinski definition) is 2. The average Bonchev–Trinajstić information content (AvgIpc) is 2.60. The standard InChI is InChI=1S/C10H8N2O/c1-3-8-7-5-4-6-9(13-2)10(7)12-11-8/h1,4-6H,2H3,(H,11,12). The maximum Gasteiger partial charge on any atom is 0.147 e. The fourth-order valence-electron chi connectivity index (χ4n) is 1.29. The van der Waals surface area contributed by atoms with Crippen LogP contribution in [0, 0.1) is 12.3 Å². The second kappa shape index (κ2) is 2.83. The summed E-state index contributed by atoms with van der Waals surface area (Å²) in [7, 11) is 1.61. The number of H-pyrrole nitrogens is 1. The zero-order valence-electron chi connectivity index (χ0n) is 7.16. The number of terminal acetylenes is 1. The molecule has 0 aliphatic carbocycles. The Morgan fingerprint density at radius 3 is 3.08 bits per heavy atom. The lowest BCUT2D eigenvalue weighted by molar-refractivity contribution is 0.419. The number of fused-ring (bicyclic) bond motifs is 1. The average molecular weight is 172 g/mol. The third-order valence-corrected chi connectivity index (χ3v) is 1.91. The summed E-state index contributed by atoms with van der Waals surface area (Å²) in [6, 6.07) is 5.65. The number of methoxy groups -OCH3 is 1. The molecule has 0 saturated carbocycles. The van der Waals surface area contributed by atoms with Gasteiger partial charge in [-0.3, -0.25) is 5.10 Å². The molecule has 0 amide bonds. The zero-order valence-corrected chi connectivity index (χ0v) is 7.16. The first kappa shape index (κ1) is 7.69. The quantitative estimate of drug-likeness (QED) is 0.663. The number of ether oxygens (including phenoxy) is 1. The number of hydrogen-bond donors (Lipinski definition) is 1. The van der Waals surface area contributed by atoms with Gasteiger partial charge in [0.05, 0.1) is 7.11 Å². The summed E-state index contributed by atoms with van der Waals surface area (Å²) < 4.78 is 5.13. The Balaban J connectivity index is 2.81. The normalized spacial score (nSPS) is 9.85. The van der Waals surface area contributed by atoms with E-state index >= 15 is 0 Å². The Labute approximate surface area is 75.7 Å². The van der Waals surface area contributed by atoms with Crippen molar-refractivity contribution in [1.82, 2.24) is 10.2 Å². The molecule has 2 rings (SSSR count). The van der Waals surface area contributed by atoms with Gasteiger partial charge in [-0.1, -0.05) is 12.0 Å². The summed E-state index contributed by atoms with van der Waals surface area (Å²) >= 11 is 0. The highest BCUT2D eigenvalue weighted by Gasteiger charge is 2.06. The molecule has 0 aliphatic rings. The molecular formula is C10H8N2O. The molecule has 0 saturated heterocycles. The summed E-state index contributed by atoms with van der Waals surface area (Å²) in [5.74, 6) is 3.26. The van der Waals surface area contributed by atoms with Gasteiger partial charge in [0.1, 0.15) is 17.0 Å². The Bertz CT molecular complexity index is 479. The molecule has 0 radical (unpaired) electrons. The van der Waals surface area contributed by atoms with Gasteiger partial charge in [0.15, 0.2) is 0 Å². The molecule has 1 N–H and O–H groups in total. The number of rotatable bonds is 1. The van der Waals surface area contributed by atoms with E-state index < -0.39 is 0 Å². The maximum atomic E-state index is 5.29. The lowest BCUT2D eigenvalue weighted by Crippen LogP contribution is -1.83. The van der Waals surface area contributed by atoms with E-state index in [0.717, 1.165) is 16.7 Å². The Kier molecular flexibility index (Phi) is 1.67. The molecule has 3 nitrogen and oxygen atoms in total. The van der Waals surface area contributed by atoms with Crippen LogP contribution in [0.1, 0.15) is 5.69 Å². The summed E-state index contributed by atoms with van der Waals surface area (Å²) in [6.07, 6.45) is 5.29. The van der Waals surface area contributed by atoms with Crippen LogP contribution in [0.3, 0.4) is 0 Å². The van der Waals surface area contributed by atoms with E-state index in [-0.39, 0.29) is 0 Å². The molecule has 1 aromatic carbocycles. The smallest absolute Gasteiger partial charge is 0.147 e. The molecule has 0 aliphatic heterocycles. The Morgan fingerprint density at radius 2 is 2.38 bits per heavy atom. The van der Waals surface area contributed by atoms with Crippen molar-refractivity contribution in [2.24, 2.45) is 0 Å². The highest BCUT2D eigenvalue weighted by molar-refractivity contribution is 5.88. The monoisotopic (exact) mass is 172 g/mol. The van der Waals surface area contributed by atoms with E-state index in [9.17, 15) is 0 Å². The zero-order chi connectivity index (χ0) is 9.26. The topological polar surface area (TPSA) is 37.9 Å². The molecule has 0 atom stereocenters. The third-order valence-electron chi connectivity index (χ3n) is 1.91. The van der Waals surface area contributed by atoms with Crippen molar-refractivity contribution >= 4 is 10.9 Å². The largest absolute Gasteiger partial charge is 0.494 e. The molecule has 0 bridgehead atoms. The lowest BCUT2D eigenvalue weighted by atomic mass is 10.2. The van der Waals surface area contributed by atoms with Gasteiger partial charge >= 0.3 is 0 Å². The predicted octanol–water partition coefficient (Wildman–Crippen LogP) is 1.55. The second-order valence-corrected chi connectivity index (χ2v) is 2.60. The molecule has 0 spiro atoms. The number of nitrogens with zero attached hydrogens (tertiary/aromatic N) is 1. The van der Waals surface area contributed by atoms with Gasteiger partial charge < -0.3 is 4.74 Å². The number of benzene rings is 1. The van der Waals surface area contributed by atoms with Crippen molar-refractivity contribution in [3.63, 3.8) is 0 Å². The molecule has 1 aromatic heterocycles. The van der Waals surface area contributed by atoms with Crippen molar-refractivity contribution in [2.75, 3.05) is 7.11 Å². The molecule has 3 heteroatoms. The summed E-state index contributed by atoms with van der Waals surface area (Å²) in [5, 5.41) is 7.76. The summed E-state index contributed by atoms with van der Waals surface area (Å²) in [4.78, 5) is 0. The van der Waals surface area contributed by atoms with Gasteiger partial charge in [0.2, 0.25) is 0 Å². The molecule has 0 unspecified atom stereocenters. The first-order valence-electron chi connectivity index (χ1n) is 3.84. The Morgan fingerprint density at radius 1 is 1.54 bits per heavy atom. The van der Waals surface area contributed by atoms with Crippen LogP contribution in [0.25, 0.3) is 10.9 Å². The van der Waals surface area contributed by atoms with Crippen LogP contribution in [0.15, 0.2) is 18.2 Å². The fraction of sp³-hybridized carbons (Fsp3) is 0.100. The summed E-state index contributed by atoms with van der Waals surface area (Å²) in [5.41, 5.74) is 1.46. The van der Waals surface area contributed by atoms with Crippen molar-refractivity contribution in [3.05, 3.63) is 23.9 Å². The number of para-hydroxylation sites is 1. The number of aromatic nitrogens is 2. The SMILES string of the molecule is C#Cc1[nH]nc2c(OC)cccc12. The van der Waals surface area contributed by atoms with Crippen molar-refractivity contribution in [3.8, 4) is 18.1 Å². The molecule has 0 fully saturated rings. The first-order chi connectivity index (χ1) is 6.36. The molecule has 1 heterocycles. The van der Waals surface area contributed by atoms with Crippen LogP contribution < -0.4 is 4.74 Å². The third kappa shape index (κ3) is 1.04. The van der Waals surface area contributed by atoms with E-state index in [4.69, 9.17) is 11.2 Å². The number of nitrogens with one attached hydrogen (secondary N) is 1. The van der Waals surface area contributed by atoms with Crippen molar-refractivity contribution in [2.45, 2.75) is 0 Å². The van der Waals surface area contributed by atoms with Crippen molar-refractivity contribution in [1.29, 1.82) is 0 Å². The molecule has 64 valence electrons. The fourth-order valence-corrected chi connectivity index (χ4v) is 1.29. The van der Waals surface area contributed by atoms with E-state index in [1.54, 1.807) is 7.11 Å². The highest BCUT2D eigenvalue weighted by Crippen LogP contribution is 2.24. The van der Waals surface area contributed by atoms with Gasteiger partial charge in [-0.05, 0) is 12.1 Å². The van der Waals surface area contributed by atoms with Crippen LogP contribution in [0.2, 0.25) is 0 Å². The molecule has 13 heavy (non-hydrogen) atoms. The minimum absolute atomic E-state index is 0.689. The van der Waals surface area contributed by atoms with E-state index in [0.29, 0.717) is 5.69 Å². The minimum atomic E-state index is 0.689. The van der Waals surface area contributed by atoms with Gasteiger partial charge in [0.25, 0.3) is 0 Å². The van der Waals surface area contributed by atoms with E-state index in [1.807, 2.05) is 18.2 Å². The molecular weight excluding hydrogens is 164 g/mol. The van der Waals surface area contributed by atoms with Gasteiger partial charge in [0, 0.05) is 5.39 Å². The minimum Gasteiger partial charge on any atom is -0.494 e. The molecule has 2 aromatic rings. The lowest BCUT2D eigenvalue weighted by Gasteiger charge is -1.98. The van der Waals surface area contributed by atoms with Crippen LogP contribution in [-0.2, 0) is 0 Å². The van der Waals surface area contributed by atoms with Gasteiger partial charge in [-0.25, -0.2) is 0 Å². The maximum absolute atomic E-state index is 5.29. The van der Waals surface area contributed by atoms with Crippen molar-refractivity contribution < 1.29 is 4.74 Å². The van der Waals surface area contributed by atoms with Crippen LogP contribution >= 0.6 is 0 Å². The summed E-state index contributed by atoms with van der Waals surface area (Å²) in [6.45, 7) is 0. The van der Waals surface area contributed by atoms with E-state index in [1.165, 1.54) is 0 Å². The predicted molar refractivity (Wildman–Crippen MR) is 50.6 cm³/mol. The second-order valence-electron chi connectivity index (χ2n) is 2.60. The van der Waals surface area contributed by atoms with Gasteiger partial charge in [-0.15, -0.1) is 6.42 Å². The highest BCUT2D eigenvalue weighted by atomic mass is 16.5. The Hall–Kier alpha value is -1.95. The van der Waals surface area contributed by atoms with Crippen LogP contribution in [0.5, 0.6) is 5.75 Å². The van der Waals surface area contributed by atoms with Crippen LogP contribution in [0.4, 0.5) is 0 Å². The van der Waals surface area contributed by atoms with Crippen LogP contribution in [-0.4, -0.2) is 17.3 Å².